The Balaban J connectivity index is 2.03. The molecule has 2 aliphatic rings. The van der Waals surface area contributed by atoms with Crippen LogP contribution in [0.1, 0.15) is 52.4 Å². The van der Waals surface area contributed by atoms with Gasteiger partial charge in [-0.2, -0.15) is 0 Å². The van der Waals surface area contributed by atoms with Crippen LogP contribution in [0, 0.1) is 11.8 Å². The fourth-order valence-electron chi connectivity index (χ4n) is 4.44. The van der Waals surface area contributed by atoms with E-state index in [0.717, 1.165) is 44.1 Å². The van der Waals surface area contributed by atoms with Gasteiger partial charge in [-0.1, -0.05) is 13.8 Å². The molecule has 8 heteroatoms. The van der Waals surface area contributed by atoms with E-state index in [2.05, 4.69) is 22.9 Å². The van der Waals surface area contributed by atoms with Gasteiger partial charge in [0.25, 0.3) is 0 Å². The second kappa shape index (κ2) is 10.4. The van der Waals surface area contributed by atoms with Crippen LogP contribution in [0.5, 0.6) is 0 Å². The molecule has 3 atom stereocenters. The first kappa shape index (κ1) is 23.6. The van der Waals surface area contributed by atoms with Crippen LogP contribution in [0.2, 0.25) is 0 Å². The Kier molecular flexibility index (Phi) is 9.05. The standard InChI is InChI=1S/C19H41N3O3S2/c1-15(2)16-9-11-17(12-10-16)25-14-19-18(20-26(5)23)8-7-13-22(19)27(6,24)21(3)4/h15-20,27H,7-14H2,1-6H3/t16-,17+,18-,19-,26?/m0/s1. The van der Waals surface area contributed by atoms with Gasteiger partial charge in [0.05, 0.1) is 24.8 Å². The second-order valence-electron chi connectivity index (χ2n) is 8.85. The summed E-state index contributed by atoms with van der Waals surface area (Å²) >= 11 is -1.09. The SMILES string of the molecule is CC(C)[C@H]1CC[C@@H](OC[C@H]2[C@@H](N[S+](C)[O-])CCCN2[SH](C)(=O)N(C)C)CC1. The maximum Gasteiger partial charge on any atom is 0.115 e. The number of hydrogen-bond acceptors (Lipinski definition) is 4. The van der Waals surface area contributed by atoms with Crippen LogP contribution >= 0.6 is 0 Å². The van der Waals surface area contributed by atoms with Crippen LogP contribution in [0.3, 0.4) is 0 Å². The molecule has 0 radical (unpaired) electrons. The number of rotatable bonds is 8. The van der Waals surface area contributed by atoms with Crippen molar-refractivity contribution in [3.8, 4) is 0 Å². The Morgan fingerprint density at radius 2 is 1.89 bits per heavy atom. The molecule has 6 nitrogen and oxygen atoms in total. The van der Waals surface area contributed by atoms with Gasteiger partial charge in [-0.05, 0) is 74.8 Å². The van der Waals surface area contributed by atoms with Crippen molar-refractivity contribution in [3.63, 3.8) is 0 Å². The summed E-state index contributed by atoms with van der Waals surface area (Å²) in [5.74, 6) is 1.57. The zero-order valence-electron chi connectivity index (χ0n) is 18.0. The minimum atomic E-state index is -2.62. The van der Waals surface area contributed by atoms with Gasteiger partial charge >= 0.3 is 0 Å². The quantitative estimate of drug-likeness (QED) is 0.463. The molecule has 1 unspecified atom stereocenters. The predicted octanol–water partition coefficient (Wildman–Crippen LogP) is 1.97. The highest BCUT2D eigenvalue weighted by atomic mass is 32.3. The number of ether oxygens (including phenoxy) is 1. The van der Waals surface area contributed by atoms with E-state index in [-0.39, 0.29) is 12.1 Å². The number of thiol groups is 1. The average molecular weight is 424 g/mol. The highest BCUT2D eigenvalue weighted by Crippen LogP contribution is 2.32. The lowest BCUT2D eigenvalue weighted by Gasteiger charge is -2.48. The van der Waals surface area contributed by atoms with Gasteiger partial charge in [0.1, 0.15) is 6.26 Å². The van der Waals surface area contributed by atoms with Gasteiger partial charge in [0.2, 0.25) is 0 Å². The zero-order chi connectivity index (χ0) is 20.2. The molecule has 162 valence electrons. The molecule has 0 aromatic rings. The Hall–Kier alpha value is 0.300. The first-order chi connectivity index (χ1) is 12.6. The van der Waals surface area contributed by atoms with Crippen molar-refractivity contribution in [2.75, 3.05) is 39.8 Å². The molecule has 0 amide bonds. The van der Waals surface area contributed by atoms with Gasteiger partial charge in [-0.25, -0.2) is 8.61 Å². The molecular weight excluding hydrogens is 382 g/mol. The molecule has 1 saturated carbocycles. The first-order valence-electron chi connectivity index (χ1n) is 10.4. The second-order valence-corrected chi connectivity index (χ2v) is 13.0. The van der Waals surface area contributed by atoms with Gasteiger partial charge in [-0.3, -0.25) is 4.21 Å². The fourth-order valence-corrected chi connectivity index (χ4v) is 6.89. The fraction of sp³-hybridized carbons (Fsp3) is 1.00. The molecule has 1 aliphatic carbocycles. The van der Waals surface area contributed by atoms with E-state index in [1.807, 2.05) is 24.7 Å². The molecule has 0 aromatic carbocycles. The van der Waals surface area contributed by atoms with Gasteiger partial charge in [0, 0.05) is 24.2 Å². The third-order valence-corrected chi connectivity index (χ3v) is 10.0. The van der Waals surface area contributed by atoms with Crippen molar-refractivity contribution in [2.24, 2.45) is 11.8 Å². The minimum absolute atomic E-state index is 0.0105. The summed E-state index contributed by atoms with van der Waals surface area (Å²) in [4.78, 5) is 0. The molecule has 1 heterocycles. The van der Waals surface area contributed by atoms with Gasteiger partial charge in [0.15, 0.2) is 0 Å². The Morgan fingerprint density at radius 1 is 1.26 bits per heavy atom. The van der Waals surface area contributed by atoms with Crippen LogP contribution in [0.4, 0.5) is 0 Å². The highest BCUT2D eigenvalue weighted by molar-refractivity contribution is 7.98. The summed E-state index contributed by atoms with van der Waals surface area (Å²) in [5.41, 5.74) is 0. The third kappa shape index (κ3) is 6.39. The first-order valence-corrected chi connectivity index (χ1v) is 14.0. The Morgan fingerprint density at radius 3 is 2.41 bits per heavy atom. The van der Waals surface area contributed by atoms with Crippen molar-refractivity contribution in [3.05, 3.63) is 0 Å². The highest BCUT2D eigenvalue weighted by Gasteiger charge is 2.39. The minimum Gasteiger partial charge on any atom is -0.598 e. The summed E-state index contributed by atoms with van der Waals surface area (Å²) in [5, 5.41) is 0. The Labute approximate surface area is 170 Å². The van der Waals surface area contributed by atoms with E-state index in [1.54, 1.807) is 6.26 Å². The molecule has 0 aromatic heterocycles. The van der Waals surface area contributed by atoms with Gasteiger partial charge < -0.3 is 9.29 Å². The van der Waals surface area contributed by atoms with E-state index >= 15 is 0 Å². The summed E-state index contributed by atoms with van der Waals surface area (Å²) in [7, 11) is 1.13. The zero-order valence-corrected chi connectivity index (χ0v) is 19.7. The molecular formula is C19H41N3O3S2. The molecule has 0 bridgehead atoms. The lowest BCUT2D eigenvalue weighted by Crippen LogP contribution is -2.62. The van der Waals surface area contributed by atoms with Gasteiger partial charge in [-0.15, -0.1) is 4.72 Å². The number of nitrogens with zero attached hydrogens (tertiary/aromatic N) is 2. The normalized spacial score (nSPS) is 32.8. The van der Waals surface area contributed by atoms with E-state index in [0.29, 0.717) is 12.7 Å². The Bertz CT molecular complexity index is 497. The molecule has 27 heavy (non-hydrogen) atoms. The van der Waals surface area contributed by atoms with Crippen LogP contribution in [-0.4, -0.2) is 75.3 Å². The smallest absolute Gasteiger partial charge is 0.115 e. The van der Waals surface area contributed by atoms with Crippen molar-refractivity contribution in [2.45, 2.75) is 70.6 Å². The van der Waals surface area contributed by atoms with Crippen molar-refractivity contribution in [1.29, 1.82) is 0 Å². The summed E-state index contributed by atoms with van der Waals surface area (Å²) < 4.78 is 38.7. The molecule has 1 aliphatic heterocycles. The van der Waals surface area contributed by atoms with E-state index in [1.165, 1.54) is 12.8 Å². The number of piperidine rings is 1. The monoisotopic (exact) mass is 423 g/mol. The largest absolute Gasteiger partial charge is 0.598 e. The lowest BCUT2D eigenvalue weighted by molar-refractivity contribution is -0.0175. The maximum atomic E-state index is 13.4. The average Bonchev–Trinajstić information content (AvgIpc) is 2.60. The molecule has 1 saturated heterocycles. The molecule has 2 rings (SSSR count). The van der Waals surface area contributed by atoms with E-state index < -0.39 is 21.7 Å². The van der Waals surface area contributed by atoms with Crippen LogP contribution < -0.4 is 4.72 Å². The summed E-state index contributed by atoms with van der Waals surface area (Å²) in [6.07, 6.45) is 10.4. The molecule has 1 N–H and O–H groups in total. The number of hydrogen-bond donors (Lipinski definition) is 2. The van der Waals surface area contributed by atoms with E-state index in [4.69, 9.17) is 4.74 Å². The van der Waals surface area contributed by atoms with Crippen LogP contribution in [0.25, 0.3) is 0 Å². The summed E-state index contributed by atoms with van der Waals surface area (Å²) in [6, 6.07) is 0.0357. The maximum absolute atomic E-state index is 13.4. The third-order valence-electron chi connectivity index (χ3n) is 6.45. The predicted molar refractivity (Wildman–Crippen MR) is 116 cm³/mol. The molecule has 2 fully saturated rings. The topological polar surface area (TPSA) is 67.9 Å². The lowest BCUT2D eigenvalue weighted by atomic mass is 9.80. The number of nitrogens with one attached hydrogen (secondary N) is 1. The van der Waals surface area contributed by atoms with Crippen molar-refractivity contribution in [1.82, 2.24) is 13.3 Å². The van der Waals surface area contributed by atoms with Crippen molar-refractivity contribution >= 4 is 21.7 Å². The van der Waals surface area contributed by atoms with E-state index in [9.17, 15) is 8.76 Å². The van der Waals surface area contributed by atoms with Crippen LogP contribution in [-0.2, 0) is 26.4 Å². The van der Waals surface area contributed by atoms with Crippen LogP contribution in [0.15, 0.2) is 0 Å². The molecule has 0 spiro atoms. The summed E-state index contributed by atoms with van der Waals surface area (Å²) in [6.45, 7) is 5.98. The van der Waals surface area contributed by atoms with Crippen molar-refractivity contribution < 1.29 is 13.5 Å².